The number of aromatic nitrogens is 1. The van der Waals surface area contributed by atoms with Crippen LogP contribution in [0.3, 0.4) is 0 Å². The Balaban J connectivity index is 1.86. The fraction of sp³-hybridized carbons (Fsp3) is 0.500. The van der Waals surface area contributed by atoms with E-state index in [2.05, 4.69) is 9.98 Å². The zero-order valence-electron chi connectivity index (χ0n) is 18.2. The van der Waals surface area contributed by atoms with Gasteiger partial charge in [-0.25, -0.2) is 4.98 Å². The zero-order chi connectivity index (χ0) is 23.3. The number of fused-ring (bicyclic) bond motifs is 1. The predicted molar refractivity (Wildman–Crippen MR) is 125 cm³/mol. The van der Waals surface area contributed by atoms with Crippen LogP contribution in [0.1, 0.15) is 42.4 Å². The summed E-state index contributed by atoms with van der Waals surface area (Å²) in [5, 5.41) is 0.380. The van der Waals surface area contributed by atoms with Crippen molar-refractivity contribution in [3.05, 3.63) is 29.3 Å². The fourth-order valence-electron chi connectivity index (χ4n) is 4.46. The monoisotopic (exact) mass is 458 g/mol. The predicted octanol–water partition coefficient (Wildman–Crippen LogP) is 1.51. The summed E-state index contributed by atoms with van der Waals surface area (Å²) in [4.78, 5) is 48.2. The maximum atomic E-state index is 13.6. The van der Waals surface area contributed by atoms with Gasteiger partial charge < -0.3 is 22.1 Å². The molecule has 2 heterocycles. The summed E-state index contributed by atoms with van der Waals surface area (Å²) in [6.07, 6.45) is 2.22. The number of likely N-dealkylation sites (tertiary alicyclic amines) is 1. The second kappa shape index (κ2) is 10.5. The van der Waals surface area contributed by atoms with Gasteiger partial charge in [0.1, 0.15) is 0 Å². The first kappa shape index (κ1) is 23.6. The summed E-state index contributed by atoms with van der Waals surface area (Å²) in [5.74, 6) is -1.99. The molecule has 10 heteroatoms. The van der Waals surface area contributed by atoms with Crippen molar-refractivity contribution in [1.82, 2.24) is 9.88 Å². The van der Waals surface area contributed by atoms with E-state index in [1.165, 1.54) is 18.3 Å². The van der Waals surface area contributed by atoms with E-state index in [4.69, 9.17) is 17.2 Å². The lowest BCUT2D eigenvalue weighted by molar-refractivity contribution is -0.131. The Labute approximate surface area is 191 Å². The number of para-hydroxylation sites is 1. The van der Waals surface area contributed by atoms with Crippen molar-refractivity contribution < 1.29 is 14.4 Å². The van der Waals surface area contributed by atoms with Gasteiger partial charge in [0.2, 0.25) is 11.8 Å². The molecule has 32 heavy (non-hydrogen) atoms. The van der Waals surface area contributed by atoms with Gasteiger partial charge in [0.15, 0.2) is 16.8 Å². The molecule has 1 aliphatic rings. The number of hydrogen-bond donors (Lipinski definition) is 3. The highest BCUT2D eigenvalue weighted by atomic mass is 32.1. The van der Waals surface area contributed by atoms with E-state index in [1.54, 1.807) is 4.90 Å². The molecule has 1 aliphatic heterocycles. The number of carbonyl (C=O) groups is 3. The average Bonchev–Trinajstić information content (AvgIpc) is 3.19. The molecule has 1 fully saturated rings. The van der Waals surface area contributed by atoms with Crippen molar-refractivity contribution in [2.75, 3.05) is 19.6 Å². The van der Waals surface area contributed by atoms with Gasteiger partial charge in [0, 0.05) is 32.5 Å². The summed E-state index contributed by atoms with van der Waals surface area (Å²) in [7, 11) is 0. The molecule has 0 spiro atoms. The molecule has 0 bridgehead atoms. The van der Waals surface area contributed by atoms with Gasteiger partial charge in [0.05, 0.1) is 16.1 Å². The van der Waals surface area contributed by atoms with Crippen LogP contribution in [0.5, 0.6) is 0 Å². The lowest BCUT2D eigenvalue weighted by atomic mass is 9.73. The molecule has 1 aromatic carbocycles. The highest BCUT2D eigenvalue weighted by molar-refractivity contribution is 7.20. The molecule has 3 rings (SSSR count). The zero-order valence-corrected chi connectivity index (χ0v) is 19.0. The normalized spacial score (nSPS) is 16.5. The van der Waals surface area contributed by atoms with Gasteiger partial charge in [-0.1, -0.05) is 12.1 Å². The van der Waals surface area contributed by atoms with Gasteiger partial charge in [-0.3, -0.25) is 19.4 Å². The van der Waals surface area contributed by atoms with Crippen molar-refractivity contribution >= 4 is 45.1 Å². The number of carbonyl (C=O) groups excluding carboxylic acids is 3. The fourth-order valence-corrected chi connectivity index (χ4v) is 5.43. The quantitative estimate of drug-likeness (QED) is 0.224. The second-order valence-electron chi connectivity index (χ2n) is 8.18. The molecule has 0 aliphatic carbocycles. The molecule has 2 unspecified atom stereocenters. The number of hydrogen-bond acceptors (Lipinski definition) is 6. The highest BCUT2D eigenvalue weighted by Crippen LogP contribution is 2.36. The van der Waals surface area contributed by atoms with E-state index in [0.29, 0.717) is 50.3 Å². The summed E-state index contributed by atoms with van der Waals surface area (Å²) < 4.78 is 0.917. The number of ketones is 1. The SMILES string of the molecule is CC(=O)N1CCC(C(C(N)=O)C(CCCN=C(N)N)C(=O)c2nc3ccccc3s2)CC1. The van der Waals surface area contributed by atoms with Crippen molar-refractivity contribution in [2.45, 2.75) is 32.6 Å². The van der Waals surface area contributed by atoms with Crippen LogP contribution in [-0.4, -0.2) is 53.1 Å². The summed E-state index contributed by atoms with van der Waals surface area (Å²) in [5.41, 5.74) is 17.4. The van der Waals surface area contributed by atoms with Crippen molar-refractivity contribution in [3.8, 4) is 0 Å². The number of Topliss-reactive ketones (excluding diaryl/α,β-unsaturated/α-hetero) is 1. The Morgan fingerprint density at radius 1 is 1.19 bits per heavy atom. The van der Waals surface area contributed by atoms with Gasteiger partial charge in [-0.2, -0.15) is 0 Å². The first-order valence-electron chi connectivity index (χ1n) is 10.8. The Hall–Kier alpha value is -3.01. The Morgan fingerprint density at radius 3 is 2.47 bits per heavy atom. The topological polar surface area (TPSA) is 158 Å². The Morgan fingerprint density at radius 2 is 1.88 bits per heavy atom. The van der Waals surface area contributed by atoms with Crippen LogP contribution in [0.4, 0.5) is 0 Å². The number of primary amides is 1. The molecule has 9 nitrogen and oxygen atoms in total. The standard InChI is InChI=1S/C22H30N6O3S/c1-13(29)28-11-8-14(9-12-28)18(20(23)31)15(5-4-10-26-22(24)25)19(30)21-27-16-6-2-3-7-17(16)32-21/h2-3,6-7,14-15,18H,4-5,8-12H2,1H3,(H2,23,31)(H4,24,25,26). The minimum absolute atomic E-state index is 0.0119. The number of nitrogens with two attached hydrogens (primary N) is 3. The first-order chi connectivity index (χ1) is 15.3. The number of guanidine groups is 1. The van der Waals surface area contributed by atoms with Gasteiger partial charge in [0.25, 0.3) is 0 Å². The first-order valence-corrected chi connectivity index (χ1v) is 11.6. The van der Waals surface area contributed by atoms with E-state index in [1.807, 2.05) is 24.3 Å². The van der Waals surface area contributed by atoms with E-state index in [0.717, 1.165) is 10.2 Å². The third-order valence-corrected chi connectivity index (χ3v) is 7.11. The van der Waals surface area contributed by atoms with Crippen LogP contribution in [-0.2, 0) is 9.59 Å². The molecule has 2 atom stereocenters. The number of rotatable bonds is 9. The lowest BCUT2D eigenvalue weighted by Gasteiger charge is -2.37. The van der Waals surface area contributed by atoms with Gasteiger partial charge in [-0.15, -0.1) is 11.3 Å². The molecule has 172 valence electrons. The molecule has 1 aromatic heterocycles. The molecular weight excluding hydrogens is 428 g/mol. The molecule has 2 aromatic rings. The maximum Gasteiger partial charge on any atom is 0.221 e. The summed E-state index contributed by atoms with van der Waals surface area (Å²) >= 11 is 1.32. The number of nitrogens with zero attached hydrogens (tertiary/aromatic N) is 3. The molecular formula is C22H30N6O3S. The average molecular weight is 459 g/mol. The van der Waals surface area contributed by atoms with E-state index >= 15 is 0 Å². The van der Waals surface area contributed by atoms with E-state index in [9.17, 15) is 14.4 Å². The van der Waals surface area contributed by atoms with Crippen LogP contribution in [0.25, 0.3) is 10.2 Å². The molecule has 0 radical (unpaired) electrons. The maximum absolute atomic E-state index is 13.6. The Bertz CT molecular complexity index is 975. The number of benzene rings is 1. The molecule has 1 saturated heterocycles. The highest BCUT2D eigenvalue weighted by Gasteiger charge is 2.40. The molecule has 0 saturated carbocycles. The molecule has 6 N–H and O–H groups in total. The minimum Gasteiger partial charge on any atom is -0.370 e. The largest absolute Gasteiger partial charge is 0.370 e. The minimum atomic E-state index is -0.636. The third kappa shape index (κ3) is 5.61. The number of piperidine rings is 1. The van der Waals surface area contributed by atoms with Crippen molar-refractivity contribution in [1.29, 1.82) is 0 Å². The lowest BCUT2D eigenvalue weighted by Crippen LogP contribution is -2.45. The van der Waals surface area contributed by atoms with E-state index < -0.39 is 17.7 Å². The van der Waals surface area contributed by atoms with Crippen LogP contribution in [0, 0.1) is 17.8 Å². The van der Waals surface area contributed by atoms with E-state index in [-0.39, 0.29) is 23.6 Å². The number of thiazole rings is 1. The van der Waals surface area contributed by atoms with Crippen LogP contribution >= 0.6 is 11.3 Å². The van der Waals surface area contributed by atoms with Gasteiger partial charge >= 0.3 is 0 Å². The Kier molecular flexibility index (Phi) is 7.79. The van der Waals surface area contributed by atoms with Crippen LogP contribution < -0.4 is 17.2 Å². The van der Waals surface area contributed by atoms with Crippen LogP contribution in [0.15, 0.2) is 29.3 Å². The third-order valence-electron chi connectivity index (χ3n) is 6.06. The van der Waals surface area contributed by atoms with Crippen molar-refractivity contribution in [3.63, 3.8) is 0 Å². The summed E-state index contributed by atoms with van der Waals surface area (Å²) in [6, 6.07) is 7.55. The number of amides is 2. The summed E-state index contributed by atoms with van der Waals surface area (Å²) in [6.45, 7) is 3.01. The van der Waals surface area contributed by atoms with Gasteiger partial charge in [-0.05, 0) is 43.7 Å². The molecule has 2 amide bonds. The smallest absolute Gasteiger partial charge is 0.221 e. The second-order valence-corrected chi connectivity index (χ2v) is 9.21. The number of aliphatic imine (C=N–C) groups is 1. The van der Waals surface area contributed by atoms with Crippen molar-refractivity contribution in [2.24, 2.45) is 39.9 Å². The van der Waals surface area contributed by atoms with Crippen LogP contribution in [0.2, 0.25) is 0 Å².